The normalized spacial score (nSPS) is 12.0. The molecule has 0 aliphatic rings. The molecule has 0 spiro atoms. The average Bonchev–Trinajstić information content (AvgIpc) is 2.42. The summed E-state index contributed by atoms with van der Waals surface area (Å²) in [6.07, 6.45) is 2.90. The van der Waals surface area contributed by atoms with Crippen LogP contribution in [0.4, 0.5) is 0 Å². The van der Waals surface area contributed by atoms with Crippen molar-refractivity contribution >= 4 is 24.0 Å². The molecule has 2 aromatic rings. The van der Waals surface area contributed by atoms with E-state index >= 15 is 0 Å². The Morgan fingerprint density at radius 3 is 2.35 bits per heavy atom. The second kappa shape index (κ2) is 8.25. The summed E-state index contributed by atoms with van der Waals surface area (Å²) in [5.41, 5.74) is 2.39. The number of hydrogen-bond acceptors (Lipinski definition) is 2. The molecule has 0 radical (unpaired) electrons. The molecule has 0 unspecified atom stereocenters. The van der Waals surface area contributed by atoms with Crippen LogP contribution in [-0.4, -0.2) is 30.5 Å². The fourth-order valence-corrected chi connectivity index (χ4v) is 2.28. The molecule has 0 N–H and O–H groups in total. The molecule has 108 valence electrons. The predicted molar refractivity (Wildman–Crippen MR) is 88.0 cm³/mol. The van der Waals surface area contributed by atoms with E-state index < -0.39 is 0 Å². The summed E-state index contributed by atoms with van der Waals surface area (Å²) in [7, 11) is 4.19. The van der Waals surface area contributed by atoms with E-state index in [2.05, 4.69) is 42.2 Å². The van der Waals surface area contributed by atoms with Gasteiger partial charge in [-0.1, -0.05) is 29.8 Å². The lowest BCUT2D eigenvalue weighted by molar-refractivity contribution is 0.389. The summed E-state index contributed by atoms with van der Waals surface area (Å²) in [5.74, 6) is 0.320. The van der Waals surface area contributed by atoms with E-state index in [1.165, 1.54) is 5.56 Å². The zero-order valence-corrected chi connectivity index (χ0v) is 13.4. The maximum absolute atomic E-state index is 5.97. The van der Waals surface area contributed by atoms with Crippen molar-refractivity contribution in [2.24, 2.45) is 0 Å². The predicted octanol–water partition coefficient (Wildman–Crippen LogP) is 4.24. The third-order valence-corrected chi connectivity index (χ3v) is 3.43. The van der Waals surface area contributed by atoms with Crippen molar-refractivity contribution in [3.63, 3.8) is 0 Å². The minimum Gasteiger partial charge on any atom is -0.309 e. The van der Waals surface area contributed by atoms with Crippen molar-refractivity contribution in [1.29, 1.82) is 0 Å². The van der Waals surface area contributed by atoms with E-state index in [1.54, 1.807) is 0 Å². The molecule has 1 atom stereocenters. The highest BCUT2D eigenvalue weighted by atomic mass is 35.5. The van der Waals surface area contributed by atoms with E-state index in [1.807, 2.05) is 30.5 Å². The third-order valence-electron chi connectivity index (χ3n) is 3.18. The lowest BCUT2D eigenvalue weighted by Gasteiger charge is -2.19. The average molecular weight is 311 g/mol. The van der Waals surface area contributed by atoms with Crippen LogP contribution < -0.4 is 0 Å². The van der Waals surface area contributed by atoms with Crippen molar-refractivity contribution in [2.45, 2.75) is 12.3 Å². The van der Waals surface area contributed by atoms with Gasteiger partial charge in [0, 0.05) is 22.8 Å². The number of pyridine rings is 1. The first-order valence-electron chi connectivity index (χ1n) is 6.48. The summed E-state index contributed by atoms with van der Waals surface area (Å²) in [6, 6.07) is 14.2. The van der Waals surface area contributed by atoms with Gasteiger partial charge in [-0.3, -0.25) is 4.98 Å². The molecule has 4 heteroatoms. The number of halogens is 2. The maximum Gasteiger partial charge on any atom is 0.0478 e. The van der Waals surface area contributed by atoms with Gasteiger partial charge >= 0.3 is 0 Å². The number of nitrogens with zero attached hydrogens (tertiary/aromatic N) is 2. The number of aromatic nitrogens is 1. The minimum absolute atomic E-state index is 0. The van der Waals surface area contributed by atoms with Crippen LogP contribution in [-0.2, 0) is 0 Å². The Bertz CT molecular complexity index is 498. The summed E-state index contributed by atoms with van der Waals surface area (Å²) in [4.78, 5) is 6.70. The Morgan fingerprint density at radius 1 is 1.10 bits per heavy atom. The summed E-state index contributed by atoms with van der Waals surface area (Å²) in [6.45, 7) is 1.03. The number of rotatable bonds is 5. The Balaban J connectivity index is 0.00000200. The molecule has 20 heavy (non-hydrogen) atoms. The number of hydrogen-bond donors (Lipinski definition) is 0. The molecule has 1 heterocycles. The molecule has 0 amide bonds. The largest absolute Gasteiger partial charge is 0.309 e. The van der Waals surface area contributed by atoms with Gasteiger partial charge < -0.3 is 4.90 Å². The first-order chi connectivity index (χ1) is 9.16. The van der Waals surface area contributed by atoms with Gasteiger partial charge in [0.2, 0.25) is 0 Å². The summed E-state index contributed by atoms with van der Waals surface area (Å²) >= 11 is 5.97. The molecule has 1 aromatic carbocycles. The van der Waals surface area contributed by atoms with Crippen LogP contribution in [0, 0.1) is 0 Å². The van der Waals surface area contributed by atoms with Gasteiger partial charge in [-0.2, -0.15) is 0 Å². The van der Waals surface area contributed by atoms with Crippen molar-refractivity contribution in [3.8, 4) is 0 Å². The van der Waals surface area contributed by atoms with E-state index in [0.717, 1.165) is 23.7 Å². The fraction of sp³-hybridized carbons (Fsp3) is 0.312. The molecule has 0 saturated heterocycles. The second-order valence-corrected chi connectivity index (χ2v) is 5.39. The van der Waals surface area contributed by atoms with Crippen molar-refractivity contribution in [1.82, 2.24) is 9.88 Å². The molecule has 2 nitrogen and oxygen atoms in total. The summed E-state index contributed by atoms with van der Waals surface area (Å²) < 4.78 is 0. The highest BCUT2D eigenvalue weighted by molar-refractivity contribution is 6.30. The van der Waals surface area contributed by atoms with Gasteiger partial charge in [0.05, 0.1) is 0 Å². The highest BCUT2D eigenvalue weighted by Crippen LogP contribution is 2.27. The SMILES string of the molecule is CN(C)CC[C@H](c1ccc(Cl)cc1)c1ccccn1.Cl. The molecule has 0 bridgehead atoms. The Labute approximate surface area is 132 Å². The molecular weight excluding hydrogens is 291 g/mol. The van der Waals surface area contributed by atoms with Crippen LogP contribution in [0.5, 0.6) is 0 Å². The van der Waals surface area contributed by atoms with Gasteiger partial charge in [-0.05, 0) is 56.9 Å². The van der Waals surface area contributed by atoms with Gasteiger partial charge in [0.1, 0.15) is 0 Å². The van der Waals surface area contributed by atoms with E-state index in [4.69, 9.17) is 11.6 Å². The molecule has 0 aliphatic heterocycles. The highest BCUT2D eigenvalue weighted by Gasteiger charge is 2.15. The molecule has 0 fully saturated rings. The van der Waals surface area contributed by atoms with Crippen LogP contribution in [0.1, 0.15) is 23.6 Å². The molecule has 0 aliphatic carbocycles. The Kier molecular flexibility index (Phi) is 7.00. The van der Waals surface area contributed by atoms with Crippen molar-refractivity contribution in [2.75, 3.05) is 20.6 Å². The zero-order chi connectivity index (χ0) is 13.7. The fourth-order valence-electron chi connectivity index (χ4n) is 2.15. The molecule has 0 saturated carbocycles. The van der Waals surface area contributed by atoms with Gasteiger partial charge in [0.15, 0.2) is 0 Å². The molecule has 2 rings (SSSR count). The zero-order valence-electron chi connectivity index (χ0n) is 11.8. The molecule has 1 aromatic heterocycles. The Hall–Kier alpha value is -1.09. The van der Waals surface area contributed by atoms with Crippen LogP contribution in [0.3, 0.4) is 0 Å². The van der Waals surface area contributed by atoms with E-state index in [0.29, 0.717) is 5.92 Å². The second-order valence-electron chi connectivity index (χ2n) is 4.95. The number of benzene rings is 1. The first-order valence-corrected chi connectivity index (χ1v) is 6.86. The Morgan fingerprint density at radius 2 is 1.80 bits per heavy atom. The van der Waals surface area contributed by atoms with Crippen LogP contribution in [0.25, 0.3) is 0 Å². The standard InChI is InChI=1S/C16H19ClN2.ClH/c1-19(2)12-10-15(16-5-3-4-11-18-16)13-6-8-14(17)9-7-13;/h3-9,11,15H,10,12H2,1-2H3;1H/t15-;/m1./s1. The van der Waals surface area contributed by atoms with Crippen molar-refractivity contribution < 1.29 is 0 Å². The van der Waals surface area contributed by atoms with E-state index in [-0.39, 0.29) is 12.4 Å². The van der Waals surface area contributed by atoms with Crippen LogP contribution >= 0.6 is 24.0 Å². The minimum atomic E-state index is 0. The lowest BCUT2D eigenvalue weighted by Crippen LogP contribution is -2.17. The van der Waals surface area contributed by atoms with Crippen molar-refractivity contribution in [3.05, 3.63) is 64.9 Å². The topological polar surface area (TPSA) is 16.1 Å². The quantitative estimate of drug-likeness (QED) is 0.821. The van der Waals surface area contributed by atoms with Crippen LogP contribution in [0.2, 0.25) is 5.02 Å². The van der Waals surface area contributed by atoms with Gasteiger partial charge in [-0.25, -0.2) is 0 Å². The monoisotopic (exact) mass is 310 g/mol. The van der Waals surface area contributed by atoms with Crippen LogP contribution in [0.15, 0.2) is 48.7 Å². The van der Waals surface area contributed by atoms with E-state index in [9.17, 15) is 0 Å². The van der Waals surface area contributed by atoms with Gasteiger partial charge in [-0.15, -0.1) is 12.4 Å². The third kappa shape index (κ3) is 4.78. The smallest absolute Gasteiger partial charge is 0.0478 e. The first kappa shape index (κ1) is 17.0. The van der Waals surface area contributed by atoms with Gasteiger partial charge in [0.25, 0.3) is 0 Å². The molecular formula is C16H20Cl2N2. The summed E-state index contributed by atoms with van der Waals surface area (Å²) in [5, 5.41) is 0.774. The lowest BCUT2D eigenvalue weighted by atomic mass is 9.92. The maximum atomic E-state index is 5.97.